The van der Waals surface area contributed by atoms with Crippen LogP contribution in [0, 0.1) is 15.9 Å². The number of aromatic nitrogens is 1. The van der Waals surface area contributed by atoms with Crippen LogP contribution in [0.5, 0.6) is 0 Å². The van der Waals surface area contributed by atoms with Gasteiger partial charge in [0.2, 0.25) is 5.82 Å². The minimum absolute atomic E-state index is 0.497. The summed E-state index contributed by atoms with van der Waals surface area (Å²) in [5.41, 5.74) is 1.25. The number of nitro benzene ring substituents is 1. The quantitative estimate of drug-likeness (QED) is 0.622. The van der Waals surface area contributed by atoms with E-state index < -0.39 is 16.4 Å². The zero-order valence-electron chi connectivity index (χ0n) is 11.0. The van der Waals surface area contributed by atoms with Crippen LogP contribution < -0.4 is 0 Å². The summed E-state index contributed by atoms with van der Waals surface area (Å²) in [5.74, 6) is -0.803. The lowest BCUT2D eigenvalue weighted by Crippen LogP contribution is -2.17. The molecule has 2 aromatic rings. The maximum atomic E-state index is 13.5. The van der Waals surface area contributed by atoms with Crippen molar-refractivity contribution in [3.05, 3.63) is 69.8 Å². The molecule has 0 aliphatic heterocycles. The fourth-order valence-electron chi connectivity index (χ4n) is 1.97. The molecule has 2 rings (SSSR count). The first kappa shape index (κ1) is 14.1. The first-order valence-electron chi connectivity index (χ1n) is 6.06. The van der Waals surface area contributed by atoms with Crippen molar-refractivity contribution < 1.29 is 9.31 Å². The average Bonchev–Trinajstić information content (AvgIpc) is 2.39. The molecule has 6 heteroatoms. The summed E-state index contributed by atoms with van der Waals surface area (Å²) in [6.45, 7) is 1.18. The van der Waals surface area contributed by atoms with Crippen LogP contribution in [0.4, 0.5) is 10.1 Å². The number of hydrogen-bond donors (Lipinski definition) is 0. The molecule has 0 radical (unpaired) electrons. The van der Waals surface area contributed by atoms with Crippen LogP contribution in [-0.2, 0) is 13.1 Å². The molecule has 0 aliphatic rings. The van der Waals surface area contributed by atoms with E-state index in [4.69, 9.17) is 0 Å². The van der Waals surface area contributed by atoms with E-state index in [0.717, 1.165) is 5.56 Å². The van der Waals surface area contributed by atoms with Crippen LogP contribution in [0.2, 0.25) is 0 Å². The van der Waals surface area contributed by atoms with Crippen molar-refractivity contribution in [2.75, 3.05) is 7.05 Å². The van der Waals surface area contributed by atoms with Crippen LogP contribution >= 0.6 is 0 Å². The van der Waals surface area contributed by atoms with Crippen molar-refractivity contribution in [3.63, 3.8) is 0 Å². The third-order valence-corrected chi connectivity index (χ3v) is 2.84. The lowest BCUT2D eigenvalue weighted by Gasteiger charge is -2.16. The SMILES string of the molecule is CN(Cc1cccnc1)Cc1ccc([N+](=O)[O-])c(F)c1. The Kier molecular flexibility index (Phi) is 4.37. The first-order chi connectivity index (χ1) is 9.56. The highest BCUT2D eigenvalue weighted by atomic mass is 19.1. The number of nitro groups is 1. The largest absolute Gasteiger partial charge is 0.304 e. The van der Waals surface area contributed by atoms with Crippen molar-refractivity contribution in [1.82, 2.24) is 9.88 Å². The van der Waals surface area contributed by atoms with E-state index in [-0.39, 0.29) is 0 Å². The molecule has 104 valence electrons. The molecule has 0 saturated carbocycles. The van der Waals surface area contributed by atoms with E-state index in [1.807, 2.05) is 24.1 Å². The molecule has 0 amide bonds. The minimum atomic E-state index is -0.803. The van der Waals surface area contributed by atoms with Gasteiger partial charge in [0.1, 0.15) is 0 Å². The van der Waals surface area contributed by atoms with Crippen molar-refractivity contribution in [2.45, 2.75) is 13.1 Å². The average molecular weight is 275 g/mol. The summed E-state index contributed by atoms with van der Waals surface area (Å²) in [4.78, 5) is 15.8. The van der Waals surface area contributed by atoms with Gasteiger partial charge in [0.25, 0.3) is 0 Å². The third-order valence-electron chi connectivity index (χ3n) is 2.84. The van der Waals surface area contributed by atoms with Crippen molar-refractivity contribution in [2.24, 2.45) is 0 Å². The molecule has 0 fully saturated rings. The molecule has 20 heavy (non-hydrogen) atoms. The molecule has 5 nitrogen and oxygen atoms in total. The molecular formula is C14H14FN3O2. The zero-order valence-corrected chi connectivity index (χ0v) is 11.0. The van der Waals surface area contributed by atoms with E-state index in [1.165, 1.54) is 12.1 Å². The Bertz CT molecular complexity index is 605. The third kappa shape index (κ3) is 3.58. The molecule has 0 spiro atoms. The Morgan fingerprint density at radius 2 is 2.05 bits per heavy atom. The van der Waals surface area contributed by atoms with Crippen molar-refractivity contribution in [1.29, 1.82) is 0 Å². The molecule has 0 atom stereocenters. The number of hydrogen-bond acceptors (Lipinski definition) is 4. The Morgan fingerprint density at radius 3 is 2.65 bits per heavy atom. The van der Waals surface area contributed by atoms with Gasteiger partial charge < -0.3 is 0 Å². The lowest BCUT2D eigenvalue weighted by molar-refractivity contribution is -0.387. The van der Waals surface area contributed by atoms with Crippen molar-refractivity contribution >= 4 is 5.69 Å². The van der Waals surface area contributed by atoms with E-state index in [0.29, 0.717) is 18.7 Å². The molecule has 0 N–H and O–H groups in total. The summed E-state index contributed by atoms with van der Waals surface area (Å²) < 4.78 is 13.5. The van der Waals surface area contributed by atoms with E-state index in [2.05, 4.69) is 4.98 Å². The van der Waals surface area contributed by atoms with E-state index in [1.54, 1.807) is 18.5 Å². The van der Waals surface area contributed by atoms with E-state index >= 15 is 0 Å². The predicted octanol–water partition coefficient (Wildman–Crippen LogP) is 2.76. The molecule has 1 heterocycles. The summed E-state index contributed by atoms with van der Waals surface area (Å²) in [7, 11) is 1.90. The lowest BCUT2D eigenvalue weighted by atomic mass is 10.2. The zero-order chi connectivity index (χ0) is 14.5. The van der Waals surface area contributed by atoms with Gasteiger partial charge in [-0.1, -0.05) is 12.1 Å². The molecule has 0 unspecified atom stereocenters. The first-order valence-corrected chi connectivity index (χ1v) is 6.06. The maximum absolute atomic E-state index is 13.5. The van der Waals surface area contributed by atoms with Gasteiger partial charge in [-0.25, -0.2) is 0 Å². The Morgan fingerprint density at radius 1 is 1.30 bits per heavy atom. The Labute approximate surface area is 115 Å². The van der Waals surface area contributed by atoms with Gasteiger partial charge >= 0.3 is 5.69 Å². The summed E-state index contributed by atoms with van der Waals surface area (Å²) in [5, 5.41) is 10.5. The number of pyridine rings is 1. The molecule has 1 aromatic heterocycles. The molecule has 0 saturated heterocycles. The van der Waals surface area contributed by atoms with Gasteiger partial charge in [-0.05, 0) is 30.3 Å². The van der Waals surface area contributed by atoms with Crippen LogP contribution in [0.3, 0.4) is 0 Å². The smallest absolute Gasteiger partial charge is 0.298 e. The second kappa shape index (κ2) is 6.21. The van der Waals surface area contributed by atoms with Crippen molar-refractivity contribution in [3.8, 4) is 0 Å². The molecule has 0 aliphatic carbocycles. The summed E-state index contributed by atoms with van der Waals surface area (Å²) in [6, 6.07) is 7.79. The van der Waals surface area contributed by atoms with Crippen LogP contribution in [0.15, 0.2) is 42.7 Å². The Hall–Kier alpha value is -2.34. The number of nitrogens with zero attached hydrogens (tertiary/aromatic N) is 3. The normalized spacial score (nSPS) is 10.8. The fraction of sp³-hybridized carbons (Fsp3) is 0.214. The number of rotatable bonds is 5. The molecule has 1 aromatic carbocycles. The topological polar surface area (TPSA) is 59.3 Å². The minimum Gasteiger partial charge on any atom is -0.298 e. The second-order valence-corrected chi connectivity index (χ2v) is 4.58. The summed E-state index contributed by atoms with van der Waals surface area (Å²) in [6.07, 6.45) is 3.47. The van der Waals surface area contributed by atoms with Crippen LogP contribution in [-0.4, -0.2) is 21.9 Å². The molecular weight excluding hydrogens is 261 g/mol. The Balaban J connectivity index is 2.03. The van der Waals surface area contributed by atoms with Gasteiger partial charge in [0, 0.05) is 31.5 Å². The van der Waals surface area contributed by atoms with Gasteiger partial charge in [0.05, 0.1) is 4.92 Å². The van der Waals surface area contributed by atoms with Gasteiger partial charge in [-0.2, -0.15) is 4.39 Å². The standard InChI is InChI=1S/C14H14FN3O2/c1-17(10-12-3-2-6-16-8-12)9-11-4-5-14(18(19)20)13(15)7-11/h2-8H,9-10H2,1H3. The predicted molar refractivity (Wildman–Crippen MR) is 72.5 cm³/mol. The monoisotopic (exact) mass is 275 g/mol. The highest BCUT2D eigenvalue weighted by Crippen LogP contribution is 2.19. The van der Waals surface area contributed by atoms with E-state index in [9.17, 15) is 14.5 Å². The van der Waals surface area contributed by atoms with Crippen LogP contribution in [0.1, 0.15) is 11.1 Å². The van der Waals surface area contributed by atoms with Crippen LogP contribution in [0.25, 0.3) is 0 Å². The number of benzene rings is 1. The number of halogens is 1. The van der Waals surface area contributed by atoms with Gasteiger partial charge in [0.15, 0.2) is 0 Å². The van der Waals surface area contributed by atoms with Gasteiger partial charge in [-0.3, -0.25) is 20.0 Å². The molecule has 0 bridgehead atoms. The van der Waals surface area contributed by atoms with Gasteiger partial charge in [-0.15, -0.1) is 0 Å². The highest BCUT2D eigenvalue weighted by Gasteiger charge is 2.14. The fourth-order valence-corrected chi connectivity index (χ4v) is 1.97. The second-order valence-electron chi connectivity index (χ2n) is 4.58. The maximum Gasteiger partial charge on any atom is 0.304 e. The highest BCUT2D eigenvalue weighted by molar-refractivity contribution is 5.35. The summed E-state index contributed by atoms with van der Waals surface area (Å²) >= 11 is 0.